The Morgan fingerprint density at radius 1 is 1.40 bits per heavy atom. The minimum atomic E-state index is -0.584. The second-order valence-corrected chi connectivity index (χ2v) is 5.35. The third kappa shape index (κ3) is 3.49. The minimum Gasteiger partial charge on any atom is -0.378 e. The van der Waals surface area contributed by atoms with Gasteiger partial charge in [-0.25, -0.2) is 0 Å². The molecule has 20 heavy (non-hydrogen) atoms. The quantitative estimate of drug-likeness (QED) is 0.851. The summed E-state index contributed by atoms with van der Waals surface area (Å²) in [5.74, 6) is -0.681. The zero-order valence-corrected chi connectivity index (χ0v) is 12.2. The first-order chi connectivity index (χ1) is 9.49. The highest BCUT2D eigenvalue weighted by Gasteiger charge is 2.29. The lowest BCUT2D eigenvalue weighted by Gasteiger charge is -2.32. The Morgan fingerprint density at radius 2 is 2.15 bits per heavy atom. The minimum absolute atomic E-state index is 0.0678. The largest absolute Gasteiger partial charge is 0.378 e. The number of ketones is 1. The number of morpholine rings is 1. The van der Waals surface area contributed by atoms with E-state index < -0.39 is 11.9 Å². The van der Waals surface area contributed by atoms with Crippen LogP contribution < -0.4 is 5.73 Å². The molecule has 108 valence electrons. The summed E-state index contributed by atoms with van der Waals surface area (Å²) >= 11 is 11.8. The standard InChI is InChI=1S/C13H14Cl2N2O3/c14-8-1-2-9(10(15)5-8)12(18)6-17-3-4-20-7-11(17)13(16)19/h1-2,5,11H,3-4,6-7H2,(H2,16,19). The van der Waals surface area contributed by atoms with Gasteiger partial charge in [0.15, 0.2) is 5.78 Å². The lowest BCUT2D eigenvalue weighted by molar-refractivity contribution is -0.128. The molecule has 1 aliphatic rings. The van der Waals surface area contributed by atoms with Crippen molar-refractivity contribution in [3.05, 3.63) is 33.8 Å². The van der Waals surface area contributed by atoms with Gasteiger partial charge in [-0.2, -0.15) is 0 Å². The first kappa shape index (κ1) is 15.3. The zero-order valence-electron chi connectivity index (χ0n) is 10.6. The first-order valence-corrected chi connectivity index (χ1v) is 6.84. The van der Waals surface area contributed by atoms with E-state index in [9.17, 15) is 9.59 Å². The smallest absolute Gasteiger partial charge is 0.237 e. The summed E-state index contributed by atoms with van der Waals surface area (Å²) in [5.41, 5.74) is 5.69. The van der Waals surface area contributed by atoms with Crippen LogP contribution in [0.2, 0.25) is 10.0 Å². The van der Waals surface area contributed by atoms with Crippen molar-refractivity contribution >= 4 is 34.9 Å². The second-order valence-electron chi connectivity index (χ2n) is 4.51. The number of amides is 1. The molecule has 0 aromatic heterocycles. The molecule has 1 saturated heterocycles. The Balaban J connectivity index is 2.11. The van der Waals surface area contributed by atoms with E-state index in [0.29, 0.717) is 28.8 Å². The monoisotopic (exact) mass is 316 g/mol. The van der Waals surface area contributed by atoms with Crippen LogP contribution in [0.25, 0.3) is 0 Å². The SMILES string of the molecule is NC(=O)C1COCCN1CC(=O)c1ccc(Cl)cc1Cl. The maximum absolute atomic E-state index is 12.3. The van der Waals surface area contributed by atoms with Crippen LogP contribution in [-0.2, 0) is 9.53 Å². The molecule has 0 bridgehead atoms. The van der Waals surface area contributed by atoms with Crippen LogP contribution >= 0.6 is 23.2 Å². The molecular formula is C13H14Cl2N2O3. The van der Waals surface area contributed by atoms with Crippen LogP contribution in [0.4, 0.5) is 0 Å². The Labute approximate surface area is 126 Å². The van der Waals surface area contributed by atoms with Crippen molar-refractivity contribution in [3.8, 4) is 0 Å². The van der Waals surface area contributed by atoms with Gasteiger partial charge in [0.2, 0.25) is 5.91 Å². The summed E-state index contributed by atoms with van der Waals surface area (Å²) in [6.07, 6.45) is 0. The van der Waals surface area contributed by atoms with E-state index in [1.165, 1.54) is 6.07 Å². The van der Waals surface area contributed by atoms with E-state index in [4.69, 9.17) is 33.7 Å². The summed E-state index contributed by atoms with van der Waals surface area (Å²) in [6.45, 7) is 1.21. The number of nitrogens with two attached hydrogens (primary N) is 1. The van der Waals surface area contributed by atoms with Gasteiger partial charge < -0.3 is 10.5 Å². The molecule has 2 rings (SSSR count). The number of primary amides is 1. The molecule has 1 aromatic rings. The maximum Gasteiger partial charge on any atom is 0.237 e. The molecule has 0 saturated carbocycles. The number of halogens is 2. The highest BCUT2D eigenvalue weighted by atomic mass is 35.5. The van der Waals surface area contributed by atoms with Crippen LogP contribution in [0.15, 0.2) is 18.2 Å². The van der Waals surface area contributed by atoms with Crippen molar-refractivity contribution < 1.29 is 14.3 Å². The number of Topliss-reactive ketones (excluding diaryl/α,β-unsaturated/α-hetero) is 1. The number of hydrogen-bond acceptors (Lipinski definition) is 4. The van der Waals surface area contributed by atoms with Crippen LogP contribution in [0, 0.1) is 0 Å². The van der Waals surface area contributed by atoms with E-state index >= 15 is 0 Å². The molecule has 7 heteroatoms. The first-order valence-electron chi connectivity index (χ1n) is 6.08. The van der Waals surface area contributed by atoms with Crippen LogP contribution in [0.1, 0.15) is 10.4 Å². The van der Waals surface area contributed by atoms with E-state index in [1.807, 2.05) is 0 Å². The number of rotatable bonds is 4. The molecule has 2 N–H and O–H groups in total. The van der Waals surface area contributed by atoms with Crippen molar-refractivity contribution in [1.29, 1.82) is 0 Å². The Kier molecular flexibility index (Phi) is 4.99. The molecule has 1 fully saturated rings. The second kappa shape index (κ2) is 6.54. The molecule has 1 aromatic carbocycles. The molecule has 1 atom stereocenters. The fourth-order valence-electron chi connectivity index (χ4n) is 2.07. The van der Waals surface area contributed by atoms with Gasteiger partial charge in [0.1, 0.15) is 6.04 Å². The number of carbonyl (C=O) groups is 2. The predicted octanol–water partition coefficient (Wildman–Crippen LogP) is 1.36. The van der Waals surface area contributed by atoms with Gasteiger partial charge >= 0.3 is 0 Å². The highest BCUT2D eigenvalue weighted by Crippen LogP contribution is 2.22. The van der Waals surface area contributed by atoms with Gasteiger partial charge in [0, 0.05) is 17.1 Å². The summed E-state index contributed by atoms with van der Waals surface area (Å²) < 4.78 is 5.20. The Bertz CT molecular complexity index is 536. The van der Waals surface area contributed by atoms with Gasteiger partial charge in [0.25, 0.3) is 0 Å². The van der Waals surface area contributed by atoms with Crippen molar-refractivity contribution in [2.24, 2.45) is 5.73 Å². The van der Waals surface area contributed by atoms with Gasteiger partial charge in [-0.1, -0.05) is 23.2 Å². The Hall–Kier alpha value is -1.14. The third-order valence-corrected chi connectivity index (χ3v) is 3.69. The van der Waals surface area contributed by atoms with E-state index in [-0.39, 0.29) is 18.9 Å². The van der Waals surface area contributed by atoms with Gasteiger partial charge in [-0.3, -0.25) is 14.5 Å². The predicted molar refractivity (Wildman–Crippen MR) is 76.2 cm³/mol. The van der Waals surface area contributed by atoms with Gasteiger partial charge in [-0.05, 0) is 18.2 Å². The molecular weight excluding hydrogens is 303 g/mol. The number of benzene rings is 1. The van der Waals surface area contributed by atoms with Crippen LogP contribution in [0.3, 0.4) is 0 Å². The summed E-state index contributed by atoms with van der Waals surface area (Å²) in [7, 11) is 0. The number of ether oxygens (including phenoxy) is 1. The molecule has 0 aliphatic carbocycles. The average molecular weight is 317 g/mol. The normalized spacial score (nSPS) is 19.8. The van der Waals surface area contributed by atoms with E-state index in [1.54, 1.807) is 17.0 Å². The van der Waals surface area contributed by atoms with Crippen molar-refractivity contribution in [3.63, 3.8) is 0 Å². The molecule has 5 nitrogen and oxygen atoms in total. The van der Waals surface area contributed by atoms with Crippen molar-refractivity contribution in [1.82, 2.24) is 4.90 Å². The lowest BCUT2D eigenvalue weighted by atomic mass is 10.1. The summed E-state index contributed by atoms with van der Waals surface area (Å²) in [4.78, 5) is 25.3. The maximum atomic E-state index is 12.3. The van der Waals surface area contributed by atoms with Gasteiger partial charge in [0.05, 0.1) is 24.8 Å². The molecule has 1 unspecified atom stereocenters. The van der Waals surface area contributed by atoms with E-state index in [2.05, 4.69) is 0 Å². The van der Waals surface area contributed by atoms with Crippen molar-refractivity contribution in [2.45, 2.75) is 6.04 Å². The molecule has 1 heterocycles. The fraction of sp³-hybridized carbons (Fsp3) is 0.385. The molecule has 1 amide bonds. The number of nitrogens with zero attached hydrogens (tertiary/aromatic N) is 1. The fourth-order valence-corrected chi connectivity index (χ4v) is 2.59. The molecule has 0 spiro atoms. The topological polar surface area (TPSA) is 72.6 Å². The average Bonchev–Trinajstić information content (AvgIpc) is 2.38. The highest BCUT2D eigenvalue weighted by molar-refractivity contribution is 6.36. The molecule has 1 aliphatic heterocycles. The summed E-state index contributed by atoms with van der Waals surface area (Å²) in [5, 5.41) is 0.763. The summed E-state index contributed by atoms with van der Waals surface area (Å²) in [6, 6.07) is 4.11. The van der Waals surface area contributed by atoms with Crippen LogP contribution in [0.5, 0.6) is 0 Å². The van der Waals surface area contributed by atoms with E-state index in [0.717, 1.165) is 0 Å². The van der Waals surface area contributed by atoms with Gasteiger partial charge in [-0.15, -0.1) is 0 Å². The third-order valence-electron chi connectivity index (χ3n) is 3.15. The lowest BCUT2D eigenvalue weighted by Crippen LogP contribution is -2.53. The molecule has 0 radical (unpaired) electrons. The Morgan fingerprint density at radius 3 is 2.80 bits per heavy atom. The van der Waals surface area contributed by atoms with Crippen molar-refractivity contribution in [2.75, 3.05) is 26.3 Å². The zero-order chi connectivity index (χ0) is 14.7. The number of hydrogen-bond donors (Lipinski definition) is 1. The van der Waals surface area contributed by atoms with Crippen LogP contribution in [-0.4, -0.2) is 48.9 Å². The number of carbonyl (C=O) groups excluding carboxylic acids is 2.